The molecule has 1 N–H and O–H groups in total. The lowest BCUT2D eigenvalue weighted by Gasteiger charge is -2.30. The van der Waals surface area contributed by atoms with Crippen molar-refractivity contribution in [2.24, 2.45) is 5.92 Å². The lowest BCUT2D eigenvalue weighted by molar-refractivity contribution is 0.213. The third-order valence-corrected chi connectivity index (χ3v) is 4.40. The second-order valence-electron chi connectivity index (χ2n) is 6.29. The molecule has 3 heteroatoms. The number of hydrogen-bond donors (Lipinski definition) is 1. The summed E-state index contributed by atoms with van der Waals surface area (Å²) < 4.78 is 5.63. The number of nitrogens with zero attached hydrogens (tertiary/aromatic N) is 1. The summed E-state index contributed by atoms with van der Waals surface area (Å²) in [4.78, 5) is 2.43. The minimum Gasteiger partial charge on any atom is -0.494 e. The summed E-state index contributed by atoms with van der Waals surface area (Å²) in [6.45, 7) is 8.78. The number of rotatable bonds is 7. The van der Waals surface area contributed by atoms with Gasteiger partial charge in [0.15, 0.2) is 0 Å². The topological polar surface area (TPSA) is 24.5 Å². The molecule has 1 aromatic carbocycles. The summed E-state index contributed by atoms with van der Waals surface area (Å²) in [5, 5.41) is 3.69. The van der Waals surface area contributed by atoms with Crippen LogP contribution in [0, 0.1) is 5.92 Å². The Morgan fingerprint density at radius 2 is 1.90 bits per heavy atom. The first-order chi connectivity index (χ1) is 10.2. The van der Waals surface area contributed by atoms with Crippen LogP contribution < -0.4 is 10.1 Å². The third-order valence-electron chi connectivity index (χ3n) is 4.40. The van der Waals surface area contributed by atoms with E-state index in [-0.39, 0.29) is 0 Å². The van der Waals surface area contributed by atoms with Crippen LogP contribution in [-0.4, -0.2) is 38.2 Å². The van der Waals surface area contributed by atoms with Crippen LogP contribution in [-0.2, 0) is 0 Å². The van der Waals surface area contributed by atoms with Gasteiger partial charge in [0.25, 0.3) is 0 Å². The van der Waals surface area contributed by atoms with Crippen molar-refractivity contribution >= 4 is 0 Å². The average Bonchev–Trinajstić information content (AvgIpc) is 2.52. The molecule has 0 radical (unpaired) electrons. The van der Waals surface area contributed by atoms with Crippen molar-refractivity contribution in [1.82, 2.24) is 10.2 Å². The van der Waals surface area contributed by atoms with Gasteiger partial charge in [0.2, 0.25) is 0 Å². The van der Waals surface area contributed by atoms with Gasteiger partial charge in [-0.15, -0.1) is 0 Å². The molecular weight excluding hydrogens is 260 g/mol. The highest BCUT2D eigenvalue weighted by Gasteiger charge is 2.17. The minimum atomic E-state index is 0.407. The summed E-state index contributed by atoms with van der Waals surface area (Å²) in [5.74, 6) is 1.80. The van der Waals surface area contributed by atoms with Gasteiger partial charge in [-0.2, -0.15) is 0 Å². The van der Waals surface area contributed by atoms with Crippen molar-refractivity contribution in [3.63, 3.8) is 0 Å². The Morgan fingerprint density at radius 1 is 1.24 bits per heavy atom. The van der Waals surface area contributed by atoms with E-state index in [0.29, 0.717) is 6.04 Å². The normalized spacial score (nSPS) is 18.6. The molecule has 1 atom stereocenters. The second-order valence-corrected chi connectivity index (χ2v) is 6.29. The van der Waals surface area contributed by atoms with Gasteiger partial charge in [0, 0.05) is 6.04 Å². The number of benzene rings is 1. The van der Waals surface area contributed by atoms with E-state index >= 15 is 0 Å². The van der Waals surface area contributed by atoms with E-state index in [1.165, 1.54) is 31.5 Å². The van der Waals surface area contributed by atoms with Crippen LogP contribution in [0.3, 0.4) is 0 Å². The van der Waals surface area contributed by atoms with Crippen molar-refractivity contribution in [3.05, 3.63) is 29.8 Å². The smallest absolute Gasteiger partial charge is 0.119 e. The van der Waals surface area contributed by atoms with Crippen LogP contribution in [0.4, 0.5) is 0 Å². The van der Waals surface area contributed by atoms with Crippen LogP contribution in [0.1, 0.15) is 44.7 Å². The largest absolute Gasteiger partial charge is 0.494 e. The summed E-state index contributed by atoms with van der Waals surface area (Å²) in [6, 6.07) is 8.93. The standard InChI is InChI=1S/C18H30N2O/c1-4-13-21-18-7-5-17(6-8-18)15(2)19-14-16-9-11-20(3)12-10-16/h5-8,15-16,19H,4,9-14H2,1-3H3. The van der Waals surface area contributed by atoms with E-state index in [1.807, 2.05) is 0 Å². The van der Waals surface area contributed by atoms with Gasteiger partial charge in [-0.1, -0.05) is 19.1 Å². The molecule has 118 valence electrons. The Hall–Kier alpha value is -1.06. The lowest BCUT2D eigenvalue weighted by atomic mass is 9.96. The number of nitrogens with one attached hydrogen (secondary N) is 1. The zero-order valence-corrected chi connectivity index (χ0v) is 13.8. The summed E-state index contributed by atoms with van der Waals surface area (Å²) in [5.41, 5.74) is 1.34. The predicted octanol–water partition coefficient (Wildman–Crippen LogP) is 3.47. The molecule has 1 unspecified atom stereocenters. The summed E-state index contributed by atoms with van der Waals surface area (Å²) in [6.07, 6.45) is 3.69. The molecule has 0 saturated carbocycles. The number of likely N-dealkylation sites (tertiary alicyclic amines) is 1. The fourth-order valence-electron chi connectivity index (χ4n) is 2.80. The fraction of sp³-hybridized carbons (Fsp3) is 0.667. The molecular formula is C18H30N2O. The Bertz CT molecular complexity index is 396. The first-order valence-corrected chi connectivity index (χ1v) is 8.33. The van der Waals surface area contributed by atoms with E-state index in [4.69, 9.17) is 4.74 Å². The molecule has 1 aliphatic rings. The SMILES string of the molecule is CCCOc1ccc(C(C)NCC2CCN(C)CC2)cc1. The number of hydrogen-bond acceptors (Lipinski definition) is 3. The van der Waals surface area contributed by atoms with Gasteiger partial charge in [-0.05, 0) is 76.5 Å². The maximum atomic E-state index is 5.63. The van der Waals surface area contributed by atoms with Crippen molar-refractivity contribution in [1.29, 1.82) is 0 Å². The molecule has 0 amide bonds. The quantitative estimate of drug-likeness (QED) is 0.832. The molecule has 21 heavy (non-hydrogen) atoms. The Labute approximate surface area is 129 Å². The van der Waals surface area contributed by atoms with Crippen molar-refractivity contribution in [2.75, 3.05) is 33.3 Å². The highest BCUT2D eigenvalue weighted by Crippen LogP contribution is 2.20. The van der Waals surface area contributed by atoms with Gasteiger partial charge in [0.1, 0.15) is 5.75 Å². The Morgan fingerprint density at radius 3 is 2.52 bits per heavy atom. The molecule has 2 rings (SSSR count). The van der Waals surface area contributed by atoms with E-state index in [9.17, 15) is 0 Å². The predicted molar refractivity (Wildman–Crippen MR) is 88.9 cm³/mol. The van der Waals surface area contributed by atoms with E-state index < -0.39 is 0 Å². The molecule has 3 nitrogen and oxygen atoms in total. The van der Waals surface area contributed by atoms with E-state index in [2.05, 4.69) is 55.4 Å². The highest BCUT2D eigenvalue weighted by molar-refractivity contribution is 5.28. The first kappa shape index (κ1) is 16.3. The number of ether oxygens (including phenoxy) is 1. The fourth-order valence-corrected chi connectivity index (χ4v) is 2.80. The van der Waals surface area contributed by atoms with Gasteiger partial charge >= 0.3 is 0 Å². The summed E-state index contributed by atoms with van der Waals surface area (Å²) in [7, 11) is 2.22. The Balaban J connectivity index is 1.76. The molecule has 1 heterocycles. The zero-order chi connectivity index (χ0) is 15.1. The van der Waals surface area contributed by atoms with Crippen LogP contribution in [0.25, 0.3) is 0 Å². The van der Waals surface area contributed by atoms with Gasteiger partial charge < -0.3 is 15.0 Å². The molecule has 0 bridgehead atoms. The molecule has 1 aromatic rings. The Kier molecular flexibility index (Phi) is 6.52. The zero-order valence-electron chi connectivity index (χ0n) is 13.8. The number of piperidine rings is 1. The molecule has 1 fully saturated rings. The van der Waals surface area contributed by atoms with Crippen LogP contribution in [0.2, 0.25) is 0 Å². The first-order valence-electron chi connectivity index (χ1n) is 8.33. The minimum absolute atomic E-state index is 0.407. The van der Waals surface area contributed by atoms with Crippen molar-refractivity contribution in [3.8, 4) is 5.75 Å². The van der Waals surface area contributed by atoms with Gasteiger partial charge in [-0.25, -0.2) is 0 Å². The molecule has 1 aliphatic heterocycles. The molecule has 0 spiro atoms. The van der Waals surface area contributed by atoms with E-state index in [1.54, 1.807) is 0 Å². The van der Waals surface area contributed by atoms with E-state index in [0.717, 1.165) is 31.2 Å². The molecule has 1 saturated heterocycles. The van der Waals surface area contributed by atoms with Gasteiger partial charge in [-0.3, -0.25) is 0 Å². The van der Waals surface area contributed by atoms with Crippen LogP contribution in [0.15, 0.2) is 24.3 Å². The van der Waals surface area contributed by atoms with Crippen LogP contribution in [0.5, 0.6) is 5.75 Å². The molecule has 0 aromatic heterocycles. The lowest BCUT2D eigenvalue weighted by Crippen LogP contribution is -2.35. The van der Waals surface area contributed by atoms with Crippen LogP contribution >= 0.6 is 0 Å². The third kappa shape index (κ3) is 5.33. The van der Waals surface area contributed by atoms with Gasteiger partial charge in [0.05, 0.1) is 6.61 Å². The maximum absolute atomic E-state index is 5.63. The van der Waals surface area contributed by atoms with Crippen molar-refractivity contribution in [2.45, 2.75) is 39.2 Å². The highest BCUT2D eigenvalue weighted by atomic mass is 16.5. The second kappa shape index (κ2) is 8.40. The maximum Gasteiger partial charge on any atom is 0.119 e. The average molecular weight is 290 g/mol. The monoisotopic (exact) mass is 290 g/mol. The van der Waals surface area contributed by atoms with Crippen molar-refractivity contribution < 1.29 is 4.74 Å². The summed E-state index contributed by atoms with van der Waals surface area (Å²) >= 11 is 0. The molecule has 0 aliphatic carbocycles.